The maximum Gasteiger partial charge on any atom is 0.416 e. The van der Waals surface area contributed by atoms with Gasteiger partial charge in [-0.05, 0) is 79.8 Å². The zero-order valence-electron chi connectivity index (χ0n) is 25.4. The molecule has 0 aliphatic rings. The van der Waals surface area contributed by atoms with Crippen LogP contribution in [0.25, 0.3) is 17.1 Å². The van der Waals surface area contributed by atoms with Gasteiger partial charge in [-0.2, -0.15) is 13.2 Å². The van der Waals surface area contributed by atoms with Gasteiger partial charge in [0, 0.05) is 29.4 Å². The number of unbranched alkanes of at least 4 members (excludes halogenated alkanes) is 3. The highest BCUT2D eigenvalue weighted by Gasteiger charge is 2.30. The number of alkyl halides is 3. The van der Waals surface area contributed by atoms with Crippen molar-refractivity contribution in [1.82, 2.24) is 14.9 Å². The van der Waals surface area contributed by atoms with Crippen LogP contribution in [0.2, 0.25) is 10.0 Å². The maximum absolute atomic E-state index is 13.4. The molecule has 1 heterocycles. The zero-order valence-corrected chi connectivity index (χ0v) is 26.9. The number of carbonyl (C=O) groups is 1. The van der Waals surface area contributed by atoms with Gasteiger partial charge in [-0.25, -0.2) is 4.98 Å². The number of oxime groups is 1. The first-order valence-electron chi connectivity index (χ1n) is 15.1. The highest BCUT2D eigenvalue weighted by Crippen LogP contribution is 2.32. The molecule has 4 rings (SSSR count). The van der Waals surface area contributed by atoms with Gasteiger partial charge >= 0.3 is 6.18 Å². The molecule has 0 aliphatic carbocycles. The lowest BCUT2D eigenvalue weighted by Gasteiger charge is -2.13. The number of nitrogens with zero attached hydrogens (tertiary/aromatic N) is 3. The van der Waals surface area contributed by atoms with E-state index in [2.05, 4.69) is 10.5 Å². The number of halogens is 5. The topological polar surface area (TPSA) is 94.5 Å². The summed E-state index contributed by atoms with van der Waals surface area (Å²) in [5, 5.41) is 8.24. The van der Waals surface area contributed by atoms with Gasteiger partial charge in [0.15, 0.2) is 0 Å². The van der Waals surface area contributed by atoms with Crippen LogP contribution in [0.4, 0.5) is 13.2 Å². The van der Waals surface area contributed by atoms with Crippen LogP contribution in [-0.4, -0.2) is 40.9 Å². The van der Waals surface area contributed by atoms with E-state index in [9.17, 15) is 18.0 Å². The monoisotopic (exact) mass is 673 g/mol. The third-order valence-electron chi connectivity index (χ3n) is 7.28. The summed E-state index contributed by atoms with van der Waals surface area (Å²) in [4.78, 5) is 23.4. The maximum atomic E-state index is 13.4. The molecule has 0 radical (unpaired) electrons. The first-order chi connectivity index (χ1) is 22.1. The van der Waals surface area contributed by atoms with E-state index in [1.165, 1.54) is 12.1 Å². The number of hydrogen-bond acceptors (Lipinski definition) is 5. The zero-order chi connectivity index (χ0) is 33.1. The standard InChI is InChI=1S/C34H36Cl2F3N5O2/c1-2-30-31(42-32(27-9-6-7-10-28(27)36)44(30)26-18-16-25(35)17-19-26)33(45)41-21-8-4-3-5-11-29(43-46-22-20-40)23-12-14-24(15-13-23)34(37,38)39/h6-7,9-10,12-19H,2-5,8,11,20-22,40H2,1H3,(H,41,45)/b43-29-. The smallest absolute Gasteiger partial charge is 0.394 e. The molecule has 0 spiro atoms. The summed E-state index contributed by atoms with van der Waals surface area (Å²) in [5.41, 5.74) is 8.50. The van der Waals surface area contributed by atoms with Crippen molar-refractivity contribution in [2.75, 3.05) is 19.7 Å². The first-order valence-corrected chi connectivity index (χ1v) is 15.9. The van der Waals surface area contributed by atoms with Crippen molar-refractivity contribution in [3.05, 3.63) is 105 Å². The van der Waals surface area contributed by atoms with Crippen molar-refractivity contribution in [2.45, 2.75) is 51.6 Å². The van der Waals surface area contributed by atoms with Gasteiger partial charge in [-0.3, -0.25) is 9.36 Å². The molecule has 46 heavy (non-hydrogen) atoms. The molecule has 3 N–H and O–H groups in total. The number of hydrogen-bond donors (Lipinski definition) is 2. The Bertz CT molecular complexity index is 1620. The van der Waals surface area contributed by atoms with E-state index in [0.29, 0.717) is 57.8 Å². The van der Waals surface area contributed by atoms with Gasteiger partial charge in [0.05, 0.1) is 22.0 Å². The van der Waals surface area contributed by atoms with Crippen molar-refractivity contribution >= 4 is 34.8 Å². The molecule has 244 valence electrons. The van der Waals surface area contributed by atoms with E-state index < -0.39 is 11.7 Å². The highest BCUT2D eigenvalue weighted by atomic mass is 35.5. The quantitative estimate of drug-likeness (QED) is 0.0752. The summed E-state index contributed by atoms with van der Waals surface area (Å²) in [6.07, 6.45) is -0.196. The van der Waals surface area contributed by atoms with Crippen molar-refractivity contribution in [3.8, 4) is 17.1 Å². The van der Waals surface area contributed by atoms with Crippen molar-refractivity contribution in [1.29, 1.82) is 0 Å². The third-order valence-corrected chi connectivity index (χ3v) is 7.86. The van der Waals surface area contributed by atoms with Gasteiger partial charge in [0.25, 0.3) is 5.91 Å². The Morgan fingerprint density at radius 1 is 0.978 bits per heavy atom. The number of aromatic nitrogens is 2. The van der Waals surface area contributed by atoms with Gasteiger partial charge in [-0.1, -0.05) is 72.4 Å². The molecule has 1 aromatic heterocycles. The molecule has 4 aromatic rings. The molecule has 0 saturated heterocycles. The summed E-state index contributed by atoms with van der Waals surface area (Å²) < 4.78 is 40.9. The predicted octanol–water partition coefficient (Wildman–Crippen LogP) is 8.49. The lowest BCUT2D eigenvalue weighted by Crippen LogP contribution is -2.26. The molecule has 7 nitrogen and oxygen atoms in total. The van der Waals surface area contributed by atoms with Crippen LogP contribution in [0, 0.1) is 0 Å². The normalized spacial score (nSPS) is 11.9. The van der Waals surface area contributed by atoms with Crippen LogP contribution in [0.1, 0.15) is 66.3 Å². The van der Waals surface area contributed by atoms with Gasteiger partial charge in [0.2, 0.25) is 0 Å². The molecule has 0 bridgehead atoms. The Hall–Kier alpha value is -3.86. The molecule has 0 unspecified atom stereocenters. The summed E-state index contributed by atoms with van der Waals surface area (Å²) in [6.45, 7) is 2.91. The minimum atomic E-state index is -4.41. The van der Waals surface area contributed by atoms with Crippen molar-refractivity contribution in [3.63, 3.8) is 0 Å². The lowest BCUT2D eigenvalue weighted by atomic mass is 10.0. The fourth-order valence-electron chi connectivity index (χ4n) is 4.98. The summed E-state index contributed by atoms with van der Waals surface area (Å²) >= 11 is 12.7. The number of imidazole rings is 1. The third kappa shape index (κ3) is 9.11. The van der Waals surface area contributed by atoms with E-state index >= 15 is 0 Å². The lowest BCUT2D eigenvalue weighted by molar-refractivity contribution is -0.137. The van der Waals surface area contributed by atoms with Crippen LogP contribution in [0.15, 0.2) is 78.0 Å². The largest absolute Gasteiger partial charge is 0.416 e. The second kappa shape index (κ2) is 16.6. The van der Waals surface area contributed by atoms with Gasteiger partial charge < -0.3 is 15.9 Å². The SMILES string of the molecule is CCc1c(C(=O)NCCCCCC/C(=N/OCCN)c2ccc(C(F)(F)F)cc2)nc(-c2ccccc2Cl)n1-c1ccc(Cl)cc1. The first kappa shape index (κ1) is 35.0. The van der Waals surface area contributed by atoms with Crippen molar-refractivity contribution < 1.29 is 22.8 Å². The van der Waals surface area contributed by atoms with Crippen LogP contribution in [0.3, 0.4) is 0 Å². The van der Waals surface area contributed by atoms with Gasteiger partial charge in [-0.15, -0.1) is 0 Å². The van der Waals surface area contributed by atoms with Crippen LogP contribution < -0.4 is 11.1 Å². The molecule has 12 heteroatoms. The van der Waals surface area contributed by atoms with E-state index in [1.54, 1.807) is 18.2 Å². The van der Waals surface area contributed by atoms with Crippen LogP contribution >= 0.6 is 23.2 Å². The van der Waals surface area contributed by atoms with E-state index in [4.69, 9.17) is 38.8 Å². The minimum absolute atomic E-state index is 0.210. The Morgan fingerprint density at radius 3 is 2.33 bits per heavy atom. The Labute approximate surface area is 276 Å². The average Bonchev–Trinajstić information content (AvgIpc) is 3.43. The van der Waals surface area contributed by atoms with E-state index in [0.717, 1.165) is 49.2 Å². The number of carbonyl (C=O) groups excluding carboxylic acids is 1. The summed E-state index contributed by atoms with van der Waals surface area (Å²) in [5.74, 6) is 0.294. The summed E-state index contributed by atoms with van der Waals surface area (Å²) in [6, 6.07) is 19.6. The molecule has 3 aromatic carbocycles. The van der Waals surface area contributed by atoms with Crippen LogP contribution in [-0.2, 0) is 17.4 Å². The highest BCUT2D eigenvalue weighted by molar-refractivity contribution is 6.33. The Balaban J connectivity index is 1.37. The molecule has 1 amide bonds. The molecule has 0 saturated carbocycles. The Kier molecular flexibility index (Phi) is 12.7. The molecular formula is C34H36Cl2F3N5O2. The fourth-order valence-corrected chi connectivity index (χ4v) is 5.33. The molecule has 0 fully saturated rings. The van der Waals surface area contributed by atoms with Crippen molar-refractivity contribution in [2.24, 2.45) is 10.9 Å². The number of benzene rings is 3. The minimum Gasteiger partial charge on any atom is -0.394 e. The molecular weight excluding hydrogens is 638 g/mol. The number of amides is 1. The van der Waals surface area contributed by atoms with E-state index in [-0.39, 0.29) is 19.1 Å². The van der Waals surface area contributed by atoms with Crippen LogP contribution in [0.5, 0.6) is 0 Å². The average molecular weight is 675 g/mol. The summed E-state index contributed by atoms with van der Waals surface area (Å²) in [7, 11) is 0. The number of nitrogens with one attached hydrogen (secondary N) is 1. The predicted molar refractivity (Wildman–Crippen MR) is 177 cm³/mol. The number of nitrogens with two attached hydrogens (primary N) is 1. The number of rotatable bonds is 15. The Morgan fingerprint density at radius 2 is 1.67 bits per heavy atom. The molecule has 0 atom stereocenters. The second-order valence-corrected chi connectivity index (χ2v) is 11.4. The second-order valence-electron chi connectivity index (χ2n) is 10.5. The molecule has 0 aliphatic heterocycles. The van der Waals surface area contributed by atoms with Gasteiger partial charge in [0.1, 0.15) is 18.1 Å². The fraction of sp³-hybridized carbons (Fsp3) is 0.324. The van der Waals surface area contributed by atoms with E-state index in [1.807, 2.05) is 41.8 Å².